The third-order valence-electron chi connectivity index (χ3n) is 2.52. The number of nitrogens with zero attached hydrogens (tertiary/aromatic N) is 2. The van der Waals surface area contributed by atoms with Gasteiger partial charge in [0, 0.05) is 23.7 Å². The summed E-state index contributed by atoms with van der Waals surface area (Å²) in [4.78, 5) is 0. The summed E-state index contributed by atoms with van der Waals surface area (Å²) < 4.78 is 25.6. The standard InChI is InChI=1S/C12H13ClN2O4S/c1-16-9-4-7(5-10(17-2)11(9)18-3)19-6-8-12(13)20-15-14-8/h4-5H,6H2,1-3H3. The van der Waals surface area contributed by atoms with Crippen molar-refractivity contribution in [3.05, 3.63) is 22.2 Å². The van der Waals surface area contributed by atoms with Crippen LogP contribution in [0, 0.1) is 0 Å². The van der Waals surface area contributed by atoms with Gasteiger partial charge in [-0.05, 0) is 0 Å². The Labute approximate surface area is 125 Å². The van der Waals surface area contributed by atoms with Crippen molar-refractivity contribution in [3.8, 4) is 23.0 Å². The van der Waals surface area contributed by atoms with E-state index in [-0.39, 0.29) is 6.61 Å². The molecule has 0 spiro atoms. The highest BCUT2D eigenvalue weighted by Crippen LogP contribution is 2.41. The fourth-order valence-electron chi connectivity index (χ4n) is 1.58. The first-order chi connectivity index (χ1) is 9.69. The highest BCUT2D eigenvalue weighted by Gasteiger charge is 2.14. The fraction of sp³-hybridized carbons (Fsp3) is 0.333. The van der Waals surface area contributed by atoms with Gasteiger partial charge in [0.15, 0.2) is 11.5 Å². The van der Waals surface area contributed by atoms with Crippen LogP contribution in [0.15, 0.2) is 12.1 Å². The number of ether oxygens (including phenoxy) is 4. The maximum absolute atomic E-state index is 5.91. The molecule has 1 heterocycles. The quantitative estimate of drug-likeness (QED) is 0.816. The number of hydrogen-bond acceptors (Lipinski definition) is 7. The Balaban J connectivity index is 2.21. The minimum Gasteiger partial charge on any atom is -0.493 e. The zero-order valence-corrected chi connectivity index (χ0v) is 12.7. The Morgan fingerprint density at radius 1 is 1.10 bits per heavy atom. The molecule has 0 N–H and O–H groups in total. The lowest BCUT2D eigenvalue weighted by atomic mass is 10.2. The molecule has 0 aliphatic carbocycles. The molecule has 8 heteroatoms. The lowest BCUT2D eigenvalue weighted by Gasteiger charge is -2.14. The smallest absolute Gasteiger partial charge is 0.203 e. The van der Waals surface area contributed by atoms with E-state index in [2.05, 4.69) is 9.59 Å². The van der Waals surface area contributed by atoms with E-state index in [9.17, 15) is 0 Å². The van der Waals surface area contributed by atoms with Gasteiger partial charge in [-0.25, -0.2) is 0 Å². The number of rotatable bonds is 6. The van der Waals surface area contributed by atoms with Crippen molar-refractivity contribution in [2.75, 3.05) is 21.3 Å². The van der Waals surface area contributed by atoms with Gasteiger partial charge in [0.05, 0.1) is 21.3 Å². The number of halogens is 1. The van der Waals surface area contributed by atoms with Crippen LogP contribution < -0.4 is 18.9 Å². The monoisotopic (exact) mass is 316 g/mol. The SMILES string of the molecule is COc1cc(OCc2nnsc2Cl)cc(OC)c1OC. The van der Waals surface area contributed by atoms with Crippen molar-refractivity contribution < 1.29 is 18.9 Å². The van der Waals surface area contributed by atoms with E-state index in [4.69, 9.17) is 30.5 Å². The minimum atomic E-state index is 0.216. The van der Waals surface area contributed by atoms with Crippen LogP contribution in [-0.4, -0.2) is 30.9 Å². The summed E-state index contributed by atoms with van der Waals surface area (Å²) in [5.74, 6) is 2.10. The lowest BCUT2D eigenvalue weighted by Crippen LogP contribution is -1.99. The molecular formula is C12H13ClN2O4S. The maximum atomic E-state index is 5.91. The van der Waals surface area contributed by atoms with Gasteiger partial charge in [-0.3, -0.25) is 0 Å². The van der Waals surface area contributed by atoms with Gasteiger partial charge in [0.25, 0.3) is 0 Å². The fourth-order valence-corrected chi connectivity index (χ4v) is 2.18. The van der Waals surface area contributed by atoms with Gasteiger partial charge in [-0.2, -0.15) is 0 Å². The van der Waals surface area contributed by atoms with Crippen LogP contribution in [0.25, 0.3) is 0 Å². The second-order valence-electron chi connectivity index (χ2n) is 3.64. The normalized spacial score (nSPS) is 10.2. The van der Waals surface area contributed by atoms with E-state index < -0.39 is 0 Å². The second kappa shape index (κ2) is 6.62. The van der Waals surface area contributed by atoms with E-state index in [1.54, 1.807) is 33.5 Å². The molecule has 20 heavy (non-hydrogen) atoms. The van der Waals surface area contributed by atoms with Crippen molar-refractivity contribution in [1.29, 1.82) is 0 Å². The highest BCUT2D eigenvalue weighted by atomic mass is 35.5. The molecule has 0 atom stereocenters. The zero-order valence-electron chi connectivity index (χ0n) is 11.2. The van der Waals surface area contributed by atoms with Crippen LogP contribution in [0.2, 0.25) is 4.34 Å². The molecule has 2 aromatic rings. The van der Waals surface area contributed by atoms with Crippen molar-refractivity contribution in [2.24, 2.45) is 0 Å². The van der Waals surface area contributed by atoms with Crippen LogP contribution in [0.5, 0.6) is 23.0 Å². The summed E-state index contributed by atoms with van der Waals surface area (Å²) >= 11 is 7.03. The third-order valence-corrected chi connectivity index (χ3v) is 3.51. The first kappa shape index (κ1) is 14.7. The molecule has 1 aromatic heterocycles. The number of hydrogen-bond donors (Lipinski definition) is 0. The average Bonchev–Trinajstić information content (AvgIpc) is 2.89. The molecule has 0 aliphatic heterocycles. The summed E-state index contributed by atoms with van der Waals surface area (Å²) in [6.07, 6.45) is 0. The van der Waals surface area contributed by atoms with Crippen molar-refractivity contribution in [1.82, 2.24) is 9.59 Å². The van der Waals surface area contributed by atoms with Crippen LogP contribution in [0.4, 0.5) is 0 Å². The van der Waals surface area contributed by atoms with Crippen molar-refractivity contribution in [3.63, 3.8) is 0 Å². The molecule has 6 nitrogen and oxygen atoms in total. The Kier molecular flexibility index (Phi) is 4.86. The van der Waals surface area contributed by atoms with Gasteiger partial charge < -0.3 is 18.9 Å². The Morgan fingerprint density at radius 2 is 1.75 bits per heavy atom. The van der Waals surface area contributed by atoms with Crippen LogP contribution >= 0.6 is 23.1 Å². The molecule has 108 valence electrons. The van der Waals surface area contributed by atoms with Crippen LogP contribution in [0.1, 0.15) is 5.69 Å². The largest absolute Gasteiger partial charge is 0.493 e. The number of aromatic nitrogens is 2. The molecule has 0 radical (unpaired) electrons. The summed E-state index contributed by atoms with van der Waals surface area (Å²) in [5.41, 5.74) is 0.588. The maximum Gasteiger partial charge on any atom is 0.203 e. The zero-order chi connectivity index (χ0) is 14.5. The molecule has 0 saturated heterocycles. The van der Waals surface area contributed by atoms with E-state index in [1.807, 2.05) is 0 Å². The average molecular weight is 317 g/mol. The Bertz CT molecular complexity index is 566. The molecule has 0 amide bonds. The van der Waals surface area contributed by atoms with Crippen LogP contribution in [-0.2, 0) is 6.61 Å². The molecule has 0 aliphatic rings. The minimum absolute atomic E-state index is 0.216. The molecule has 2 rings (SSSR count). The Morgan fingerprint density at radius 3 is 2.20 bits per heavy atom. The molecule has 0 saturated carbocycles. The molecule has 0 fully saturated rings. The van der Waals surface area contributed by atoms with E-state index in [0.717, 1.165) is 11.5 Å². The highest BCUT2D eigenvalue weighted by molar-refractivity contribution is 7.10. The molecule has 0 unspecified atom stereocenters. The topological polar surface area (TPSA) is 62.7 Å². The van der Waals surface area contributed by atoms with E-state index in [1.165, 1.54) is 0 Å². The first-order valence-electron chi connectivity index (χ1n) is 5.59. The van der Waals surface area contributed by atoms with Crippen molar-refractivity contribution >= 4 is 23.1 Å². The van der Waals surface area contributed by atoms with Crippen molar-refractivity contribution in [2.45, 2.75) is 6.61 Å². The van der Waals surface area contributed by atoms with Gasteiger partial charge in [0.1, 0.15) is 22.4 Å². The van der Waals surface area contributed by atoms with E-state index in [0.29, 0.717) is 33.0 Å². The summed E-state index contributed by atoms with van der Waals surface area (Å²) in [7, 11) is 4.63. The van der Waals surface area contributed by atoms with Crippen LogP contribution in [0.3, 0.4) is 0 Å². The predicted octanol–water partition coefficient (Wildman–Crippen LogP) is 2.80. The summed E-state index contributed by atoms with van der Waals surface area (Å²) in [5, 5.41) is 3.87. The van der Waals surface area contributed by atoms with Gasteiger partial charge in [-0.1, -0.05) is 16.1 Å². The summed E-state index contributed by atoms with van der Waals surface area (Å²) in [6, 6.07) is 3.41. The number of methoxy groups -OCH3 is 3. The van der Waals surface area contributed by atoms with Gasteiger partial charge >= 0.3 is 0 Å². The molecular weight excluding hydrogens is 304 g/mol. The lowest BCUT2D eigenvalue weighted by molar-refractivity contribution is 0.288. The van der Waals surface area contributed by atoms with Gasteiger partial charge in [0.2, 0.25) is 5.75 Å². The van der Waals surface area contributed by atoms with E-state index >= 15 is 0 Å². The molecule has 0 bridgehead atoms. The molecule has 1 aromatic carbocycles. The third kappa shape index (κ3) is 3.05. The van der Waals surface area contributed by atoms with Gasteiger partial charge in [-0.15, -0.1) is 5.10 Å². The summed E-state index contributed by atoms with van der Waals surface area (Å²) in [6.45, 7) is 0.216. The second-order valence-corrected chi connectivity index (χ2v) is 5.00. The Hall–Kier alpha value is -1.73. The number of benzene rings is 1. The first-order valence-corrected chi connectivity index (χ1v) is 6.74. The predicted molar refractivity (Wildman–Crippen MR) is 75.3 cm³/mol.